The number of piperazine rings is 1. The van der Waals surface area contributed by atoms with E-state index in [0.29, 0.717) is 32.6 Å². The van der Waals surface area contributed by atoms with Gasteiger partial charge < -0.3 is 9.80 Å². The number of carbonyl (C=O) groups excluding carboxylic acids is 2. The van der Waals surface area contributed by atoms with E-state index < -0.39 is 16.7 Å². The first-order valence-corrected chi connectivity index (χ1v) is 10.6. The Labute approximate surface area is 175 Å². The third-order valence-electron chi connectivity index (χ3n) is 7.17. The summed E-state index contributed by atoms with van der Waals surface area (Å²) >= 11 is 0. The van der Waals surface area contributed by atoms with Crippen LogP contribution in [0.25, 0.3) is 0 Å². The third-order valence-corrected chi connectivity index (χ3v) is 7.17. The standard InChI is InChI=1S/C21H28N4O5/c1-14-12-15(25(29)30)2-3-18(14)23-8-10-24(11-9-23)20(27)17-13-21(6-7-21)5-4-16(17)19(26)22-28/h2-3,12,16-17,28H,4-11,13H2,1H3,(H,22,26). The molecule has 1 spiro atoms. The lowest BCUT2D eigenvalue weighted by atomic mass is 9.71. The van der Waals surface area contributed by atoms with Crippen LogP contribution in [-0.4, -0.2) is 53.0 Å². The van der Waals surface area contributed by atoms with E-state index >= 15 is 0 Å². The highest BCUT2D eigenvalue weighted by atomic mass is 16.6. The summed E-state index contributed by atoms with van der Waals surface area (Å²) in [4.78, 5) is 40.0. The van der Waals surface area contributed by atoms with Crippen LogP contribution in [0.4, 0.5) is 11.4 Å². The molecule has 162 valence electrons. The average Bonchev–Trinajstić information content (AvgIpc) is 3.51. The molecule has 1 aromatic rings. The number of hydroxylamine groups is 1. The number of carbonyl (C=O) groups is 2. The van der Waals surface area contributed by atoms with Crippen molar-refractivity contribution >= 4 is 23.2 Å². The lowest BCUT2D eigenvalue weighted by molar-refractivity contribution is -0.384. The van der Waals surface area contributed by atoms with Crippen LogP contribution < -0.4 is 10.4 Å². The first kappa shape index (κ1) is 20.6. The number of benzene rings is 1. The fourth-order valence-corrected chi connectivity index (χ4v) is 5.17. The van der Waals surface area contributed by atoms with Crippen LogP contribution in [0.5, 0.6) is 0 Å². The number of hydrogen-bond acceptors (Lipinski definition) is 6. The Morgan fingerprint density at radius 1 is 1.17 bits per heavy atom. The molecular formula is C21H28N4O5. The average molecular weight is 416 g/mol. The van der Waals surface area contributed by atoms with Crippen LogP contribution in [0, 0.1) is 34.3 Å². The Morgan fingerprint density at radius 3 is 2.43 bits per heavy atom. The van der Waals surface area contributed by atoms with E-state index in [1.54, 1.807) is 17.6 Å². The van der Waals surface area contributed by atoms with Crippen molar-refractivity contribution in [2.75, 3.05) is 31.1 Å². The minimum absolute atomic E-state index is 0.00893. The minimum atomic E-state index is -0.469. The molecule has 1 aromatic carbocycles. The van der Waals surface area contributed by atoms with Crippen LogP contribution in [0.3, 0.4) is 0 Å². The molecule has 0 radical (unpaired) electrons. The topological polar surface area (TPSA) is 116 Å². The lowest BCUT2D eigenvalue weighted by Crippen LogP contribution is -2.53. The summed E-state index contributed by atoms with van der Waals surface area (Å²) in [6.45, 7) is 4.23. The predicted molar refractivity (Wildman–Crippen MR) is 109 cm³/mol. The molecule has 0 bridgehead atoms. The zero-order valence-electron chi connectivity index (χ0n) is 17.2. The first-order chi connectivity index (χ1) is 14.3. The molecule has 2 aliphatic carbocycles. The van der Waals surface area contributed by atoms with Crippen LogP contribution in [0.15, 0.2) is 18.2 Å². The zero-order valence-corrected chi connectivity index (χ0v) is 17.2. The van der Waals surface area contributed by atoms with Gasteiger partial charge in [-0.15, -0.1) is 0 Å². The molecule has 2 unspecified atom stereocenters. The number of non-ortho nitro benzene ring substituents is 1. The first-order valence-electron chi connectivity index (χ1n) is 10.6. The van der Waals surface area contributed by atoms with Crippen molar-refractivity contribution in [2.45, 2.75) is 39.0 Å². The number of amides is 2. The number of nitrogens with one attached hydrogen (secondary N) is 1. The van der Waals surface area contributed by atoms with Crippen LogP contribution >= 0.6 is 0 Å². The Bertz CT molecular complexity index is 861. The van der Waals surface area contributed by atoms with E-state index in [0.717, 1.165) is 36.9 Å². The fourth-order valence-electron chi connectivity index (χ4n) is 5.17. The fraction of sp³-hybridized carbons (Fsp3) is 0.619. The van der Waals surface area contributed by atoms with Gasteiger partial charge in [0, 0.05) is 44.0 Å². The molecule has 2 N–H and O–H groups in total. The third kappa shape index (κ3) is 3.86. The summed E-state index contributed by atoms with van der Waals surface area (Å²) in [6, 6.07) is 4.85. The van der Waals surface area contributed by atoms with Gasteiger partial charge in [0.2, 0.25) is 11.8 Å². The minimum Gasteiger partial charge on any atom is -0.368 e. The maximum atomic E-state index is 13.3. The summed E-state index contributed by atoms with van der Waals surface area (Å²) < 4.78 is 0. The van der Waals surface area contributed by atoms with Gasteiger partial charge in [0.05, 0.1) is 16.8 Å². The molecule has 4 rings (SSSR count). The van der Waals surface area contributed by atoms with Crippen molar-refractivity contribution in [1.29, 1.82) is 0 Å². The molecule has 2 amide bonds. The maximum Gasteiger partial charge on any atom is 0.269 e. The zero-order chi connectivity index (χ0) is 21.5. The molecule has 3 fully saturated rings. The summed E-state index contributed by atoms with van der Waals surface area (Å²) in [5.41, 5.74) is 3.84. The summed E-state index contributed by atoms with van der Waals surface area (Å²) in [7, 11) is 0. The van der Waals surface area contributed by atoms with Gasteiger partial charge in [0.15, 0.2) is 0 Å². The number of rotatable bonds is 4. The van der Waals surface area contributed by atoms with Gasteiger partial charge in [-0.25, -0.2) is 5.48 Å². The van der Waals surface area contributed by atoms with Crippen molar-refractivity contribution < 1.29 is 19.7 Å². The second-order valence-electron chi connectivity index (χ2n) is 8.97. The summed E-state index contributed by atoms with van der Waals surface area (Å²) in [5.74, 6) is -1.29. The Hall–Kier alpha value is -2.68. The van der Waals surface area contributed by atoms with Crippen molar-refractivity contribution in [3.8, 4) is 0 Å². The highest BCUT2D eigenvalue weighted by Crippen LogP contribution is 2.59. The van der Waals surface area contributed by atoms with Gasteiger partial charge in [-0.3, -0.25) is 24.9 Å². The van der Waals surface area contributed by atoms with Gasteiger partial charge >= 0.3 is 0 Å². The molecule has 1 heterocycles. The van der Waals surface area contributed by atoms with Crippen molar-refractivity contribution in [2.24, 2.45) is 17.3 Å². The molecule has 3 aliphatic rings. The summed E-state index contributed by atoms with van der Waals surface area (Å²) in [5, 5.41) is 20.1. The molecule has 1 aliphatic heterocycles. The highest BCUT2D eigenvalue weighted by molar-refractivity contribution is 5.87. The van der Waals surface area contributed by atoms with Gasteiger partial charge in [-0.2, -0.15) is 0 Å². The molecule has 2 saturated carbocycles. The van der Waals surface area contributed by atoms with E-state index in [9.17, 15) is 19.7 Å². The molecule has 9 nitrogen and oxygen atoms in total. The van der Waals surface area contributed by atoms with E-state index in [1.165, 1.54) is 6.07 Å². The quantitative estimate of drug-likeness (QED) is 0.442. The Balaban J connectivity index is 1.42. The van der Waals surface area contributed by atoms with Crippen LogP contribution in [-0.2, 0) is 9.59 Å². The van der Waals surface area contributed by atoms with Gasteiger partial charge in [-0.05, 0) is 56.1 Å². The number of nitro benzene ring substituents is 1. The Kier molecular flexibility index (Phi) is 5.40. The van der Waals surface area contributed by atoms with Crippen LogP contribution in [0.1, 0.15) is 37.7 Å². The monoisotopic (exact) mass is 416 g/mol. The molecule has 30 heavy (non-hydrogen) atoms. The molecule has 9 heteroatoms. The lowest BCUT2D eigenvalue weighted by Gasteiger charge is -2.41. The van der Waals surface area contributed by atoms with E-state index in [4.69, 9.17) is 5.21 Å². The normalized spacial score (nSPS) is 25.1. The van der Waals surface area contributed by atoms with E-state index in [1.807, 2.05) is 11.8 Å². The number of anilines is 1. The maximum absolute atomic E-state index is 13.3. The van der Waals surface area contributed by atoms with Crippen molar-refractivity contribution in [3.05, 3.63) is 33.9 Å². The number of nitro groups is 1. The van der Waals surface area contributed by atoms with Crippen LogP contribution in [0.2, 0.25) is 0 Å². The SMILES string of the molecule is Cc1cc([N+](=O)[O-])ccc1N1CCN(C(=O)C2CC3(CCC2C(=O)NO)CC3)CC1. The molecule has 2 atom stereocenters. The van der Waals surface area contributed by atoms with E-state index in [-0.39, 0.29) is 22.9 Å². The van der Waals surface area contributed by atoms with Gasteiger partial charge in [0.1, 0.15) is 0 Å². The van der Waals surface area contributed by atoms with Gasteiger partial charge in [-0.1, -0.05) is 0 Å². The Morgan fingerprint density at radius 2 is 1.87 bits per heavy atom. The predicted octanol–water partition coefficient (Wildman–Crippen LogP) is 2.25. The second-order valence-corrected chi connectivity index (χ2v) is 8.97. The van der Waals surface area contributed by atoms with Crippen molar-refractivity contribution in [3.63, 3.8) is 0 Å². The second kappa shape index (κ2) is 7.86. The van der Waals surface area contributed by atoms with Crippen molar-refractivity contribution in [1.82, 2.24) is 10.4 Å². The highest BCUT2D eigenvalue weighted by Gasteiger charge is 2.52. The number of hydrogen-bond donors (Lipinski definition) is 2. The van der Waals surface area contributed by atoms with E-state index in [2.05, 4.69) is 4.90 Å². The number of aryl methyl sites for hydroxylation is 1. The van der Waals surface area contributed by atoms with Gasteiger partial charge in [0.25, 0.3) is 5.69 Å². The molecule has 1 saturated heterocycles. The largest absolute Gasteiger partial charge is 0.368 e. The number of nitrogens with zero attached hydrogens (tertiary/aromatic N) is 3. The smallest absolute Gasteiger partial charge is 0.269 e. The molecule has 0 aromatic heterocycles. The molecular weight excluding hydrogens is 388 g/mol. The summed E-state index contributed by atoms with van der Waals surface area (Å²) in [6.07, 6.45) is 4.56.